The van der Waals surface area contributed by atoms with E-state index in [4.69, 9.17) is 11.6 Å². The van der Waals surface area contributed by atoms with Crippen LogP contribution in [0.2, 0.25) is 5.02 Å². The van der Waals surface area contributed by atoms with Gasteiger partial charge in [-0.1, -0.05) is 35.9 Å². The summed E-state index contributed by atoms with van der Waals surface area (Å²) in [6.45, 7) is 0.164. The third kappa shape index (κ3) is 5.34. The van der Waals surface area contributed by atoms with Gasteiger partial charge in [-0.2, -0.15) is 18.3 Å². The summed E-state index contributed by atoms with van der Waals surface area (Å²) in [4.78, 5) is 12.1. The second-order valence-electron chi connectivity index (χ2n) is 5.98. The molecule has 0 saturated carbocycles. The van der Waals surface area contributed by atoms with Gasteiger partial charge in [0, 0.05) is 11.2 Å². The zero-order valence-corrected chi connectivity index (χ0v) is 14.8. The van der Waals surface area contributed by atoms with Crippen molar-refractivity contribution in [3.8, 4) is 0 Å². The molecule has 1 heterocycles. The van der Waals surface area contributed by atoms with Crippen LogP contribution in [-0.4, -0.2) is 15.7 Å². The molecule has 140 valence electrons. The largest absolute Gasteiger partial charge is 0.416 e. The molecule has 1 amide bonds. The summed E-state index contributed by atoms with van der Waals surface area (Å²) in [6, 6.07) is 12.0. The van der Waals surface area contributed by atoms with Crippen LogP contribution in [0.4, 0.5) is 18.9 Å². The molecule has 3 rings (SSSR count). The minimum Gasteiger partial charge on any atom is -0.323 e. The number of nitrogens with one attached hydrogen (secondary N) is 1. The molecule has 0 aliphatic rings. The molecule has 3 aromatic rings. The fourth-order valence-corrected chi connectivity index (χ4v) is 2.67. The Bertz CT molecular complexity index is 936. The van der Waals surface area contributed by atoms with E-state index in [0.29, 0.717) is 16.3 Å². The van der Waals surface area contributed by atoms with Crippen LogP contribution < -0.4 is 5.32 Å². The van der Waals surface area contributed by atoms with Crippen molar-refractivity contribution < 1.29 is 18.0 Å². The zero-order valence-electron chi connectivity index (χ0n) is 14.0. The van der Waals surface area contributed by atoms with Crippen LogP contribution >= 0.6 is 11.6 Å². The average molecular weight is 394 g/mol. The number of nitrogens with zero attached hydrogens (tertiary/aromatic N) is 2. The van der Waals surface area contributed by atoms with E-state index in [1.807, 2.05) is 0 Å². The maximum atomic E-state index is 12.8. The number of alkyl halides is 3. The maximum Gasteiger partial charge on any atom is 0.416 e. The third-order valence-corrected chi connectivity index (χ3v) is 4.05. The molecule has 1 aromatic heterocycles. The first-order chi connectivity index (χ1) is 12.8. The van der Waals surface area contributed by atoms with Gasteiger partial charge in [-0.25, -0.2) is 0 Å². The van der Waals surface area contributed by atoms with Gasteiger partial charge in [-0.05, 0) is 35.4 Å². The van der Waals surface area contributed by atoms with Gasteiger partial charge in [0.1, 0.15) is 0 Å². The minimum absolute atomic E-state index is 0.164. The standard InChI is InChI=1S/C19H15ClF3N3O/c20-16-6-4-13(5-7-16)9-18(27)25-17-10-24-26(12-17)11-14-2-1-3-15(8-14)19(21,22)23/h1-8,10,12H,9,11H2,(H,25,27). The van der Waals surface area contributed by atoms with E-state index in [9.17, 15) is 18.0 Å². The van der Waals surface area contributed by atoms with Crippen LogP contribution in [0, 0.1) is 0 Å². The molecule has 0 atom stereocenters. The highest BCUT2D eigenvalue weighted by Gasteiger charge is 2.30. The van der Waals surface area contributed by atoms with E-state index in [2.05, 4.69) is 10.4 Å². The van der Waals surface area contributed by atoms with E-state index in [1.54, 1.807) is 36.5 Å². The number of rotatable bonds is 5. The van der Waals surface area contributed by atoms with E-state index in [0.717, 1.165) is 17.7 Å². The Morgan fingerprint density at radius 3 is 2.56 bits per heavy atom. The SMILES string of the molecule is O=C(Cc1ccc(Cl)cc1)Nc1cnn(Cc2cccc(C(F)(F)F)c2)c1. The summed E-state index contributed by atoms with van der Waals surface area (Å²) in [5.41, 5.74) is 1.05. The molecule has 0 bridgehead atoms. The number of amides is 1. The van der Waals surface area contributed by atoms with Crippen molar-refractivity contribution in [3.05, 3.63) is 82.6 Å². The Morgan fingerprint density at radius 1 is 1.11 bits per heavy atom. The lowest BCUT2D eigenvalue weighted by molar-refractivity contribution is -0.137. The number of hydrogen-bond acceptors (Lipinski definition) is 2. The number of carbonyl (C=O) groups excluding carboxylic acids is 1. The predicted octanol–water partition coefficient (Wildman–Crippen LogP) is 4.78. The molecule has 0 unspecified atom stereocenters. The van der Waals surface area contributed by atoms with Crippen molar-refractivity contribution in [1.82, 2.24) is 9.78 Å². The number of carbonyl (C=O) groups is 1. The number of halogens is 4. The van der Waals surface area contributed by atoms with Crippen molar-refractivity contribution in [3.63, 3.8) is 0 Å². The van der Waals surface area contributed by atoms with Gasteiger partial charge in [-0.3, -0.25) is 9.48 Å². The maximum absolute atomic E-state index is 12.8. The molecule has 0 radical (unpaired) electrons. The minimum atomic E-state index is -4.39. The van der Waals surface area contributed by atoms with E-state index in [1.165, 1.54) is 16.9 Å². The van der Waals surface area contributed by atoms with Crippen molar-refractivity contribution in [1.29, 1.82) is 0 Å². The van der Waals surface area contributed by atoms with Crippen molar-refractivity contribution in [2.45, 2.75) is 19.1 Å². The third-order valence-electron chi connectivity index (χ3n) is 3.79. The number of aromatic nitrogens is 2. The molecule has 0 spiro atoms. The molecule has 27 heavy (non-hydrogen) atoms. The van der Waals surface area contributed by atoms with Gasteiger partial charge < -0.3 is 5.32 Å². The Hall–Kier alpha value is -2.80. The number of benzene rings is 2. The Balaban J connectivity index is 1.61. The van der Waals surface area contributed by atoms with E-state index in [-0.39, 0.29) is 18.9 Å². The first kappa shape index (κ1) is 19.0. The Labute approximate surface area is 158 Å². The summed E-state index contributed by atoms with van der Waals surface area (Å²) in [5, 5.41) is 7.38. The molecular weight excluding hydrogens is 379 g/mol. The lowest BCUT2D eigenvalue weighted by Crippen LogP contribution is -2.14. The summed E-state index contributed by atoms with van der Waals surface area (Å²) in [5.74, 6) is -0.226. The molecule has 4 nitrogen and oxygen atoms in total. The summed E-state index contributed by atoms with van der Waals surface area (Å²) < 4.78 is 39.8. The quantitative estimate of drug-likeness (QED) is 0.677. The summed E-state index contributed by atoms with van der Waals surface area (Å²) in [6.07, 6.45) is -1.19. The summed E-state index contributed by atoms with van der Waals surface area (Å²) in [7, 11) is 0. The first-order valence-electron chi connectivity index (χ1n) is 8.02. The molecule has 0 saturated heterocycles. The Kier molecular flexibility index (Phi) is 5.51. The van der Waals surface area contributed by atoms with Gasteiger partial charge in [-0.15, -0.1) is 0 Å². The van der Waals surface area contributed by atoms with Crippen molar-refractivity contribution in [2.75, 3.05) is 5.32 Å². The van der Waals surface area contributed by atoms with Gasteiger partial charge in [0.2, 0.25) is 5.91 Å². The fourth-order valence-electron chi connectivity index (χ4n) is 2.54. The lowest BCUT2D eigenvalue weighted by Gasteiger charge is -2.08. The molecule has 0 fully saturated rings. The predicted molar refractivity (Wildman–Crippen MR) is 96.6 cm³/mol. The molecule has 8 heteroatoms. The molecular formula is C19H15ClF3N3O. The highest BCUT2D eigenvalue weighted by molar-refractivity contribution is 6.30. The zero-order chi connectivity index (χ0) is 19.4. The monoisotopic (exact) mass is 393 g/mol. The van der Waals surface area contributed by atoms with Gasteiger partial charge in [0.05, 0.1) is 30.4 Å². The highest BCUT2D eigenvalue weighted by Crippen LogP contribution is 2.29. The lowest BCUT2D eigenvalue weighted by atomic mass is 10.1. The normalized spacial score (nSPS) is 11.4. The second kappa shape index (κ2) is 7.84. The molecule has 2 aromatic carbocycles. The van der Waals surface area contributed by atoms with Gasteiger partial charge in [0.15, 0.2) is 0 Å². The van der Waals surface area contributed by atoms with Crippen LogP contribution in [-0.2, 0) is 23.9 Å². The smallest absolute Gasteiger partial charge is 0.323 e. The average Bonchev–Trinajstić information content (AvgIpc) is 3.03. The Morgan fingerprint density at radius 2 is 1.85 bits per heavy atom. The highest BCUT2D eigenvalue weighted by atomic mass is 35.5. The van der Waals surface area contributed by atoms with E-state index >= 15 is 0 Å². The fraction of sp³-hybridized carbons (Fsp3) is 0.158. The van der Waals surface area contributed by atoms with Crippen LogP contribution in [0.3, 0.4) is 0 Å². The van der Waals surface area contributed by atoms with Gasteiger partial charge >= 0.3 is 6.18 Å². The second-order valence-corrected chi connectivity index (χ2v) is 6.41. The van der Waals surface area contributed by atoms with Crippen LogP contribution in [0.1, 0.15) is 16.7 Å². The molecule has 1 N–H and O–H groups in total. The van der Waals surface area contributed by atoms with E-state index < -0.39 is 11.7 Å². The van der Waals surface area contributed by atoms with Crippen LogP contribution in [0.25, 0.3) is 0 Å². The topological polar surface area (TPSA) is 46.9 Å². The molecule has 0 aliphatic heterocycles. The molecule has 0 aliphatic carbocycles. The van der Waals surface area contributed by atoms with Crippen LogP contribution in [0.5, 0.6) is 0 Å². The number of anilines is 1. The van der Waals surface area contributed by atoms with Crippen molar-refractivity contribution >= 4 is 23.2 Å². The first-order valence-corrected chi connectivity index (χ1v) is 8.40. The summed E-state index contributed by atoms with van der Waals surface area (Å²) >= 11 is 5.81. The number of hydrogen-bond donors (Lipinski definition) is 1. The van der Waals surface area contributed by atoms with Crippen LogP contribution in [0.15, 0.2) is 60.9 Å². The van der Waals surface area contributed by atoms with Crippen molar-refractivity contribution in [2.24, 2.45) is 0 Å². The van der Waals surface area contributed by atoms with Gasteiger partial charge in [0.25, 0.3) is 0 Å².